The minimum absolute atomic E-state index is 0.0157. The van der Waals surface area contributed by atoms with E-state index in [1.165, 1.54) is 17.8 Å². The van der Waals surface area contributed by atoms with Crippen molar-refractivity contribution in [2.75, 3.05) is 18.8 Å². The van der Waals surface area contributed by atoms with Gasteiger partial charge in [-0.3, -0.25) is 4.79 Å². The smallest absolute Gasteiger partial charge is 0.245 e. The molecule has 0 unspecified atom stereocenters. The Bertz CT molecular complexity index is 1310. The molecule has 0 bridgehead atoms. The molecule has 1 fully saturated rings. The number of rotatable bonds is 3. The second-order valence-electron chi connectivity index (χ2n) is 8.83. The Morgan fingerprint density at radius 1 is 1.24 bits per heavy atom. The summed E-state index contributed by atoms with van der Waals surface area (Å²) in [4.78, 5) is 30.5. The van der Waals surface area contributed by atoms with Gasteiger partial charge in [0.2, 0.25) is 5.91 Å². The lowest BCUT2D eigenvalue weighted by Crippen LogP contribution is -2.43. The van der Waals surface area contributed by atoms with Crippen molar-refractivity contribution in [1.82, 2.24) is 24.8 Å². The molecule has 0 atom stereocenters. The molecule has 0 aromatic carbocycles. The molecule has 1 amide bonds. The van der Waals surface area contributed by atoms with E-state index in [4.69, 9.17) is 5.73 Å². The van der Waals surface area contributed by atoms with E-state index in [9.17, 15) is 10.1 Å². The van der Waals surface area contributed by atoms with Crippen molar-refractivity contribution in [1.29, 1.82) is 5.26 Å². The number of amides is 1. The van der Waals surface area contributed by atoms with Crippen LogP contribution < -0.4 is 5.73 Å². The summed E-state index contributed by atoms with van der Waals surface area (Å²) in [6.45, 7) is 5.16. The summed E-state index contributed by atoms with van der Waals surface area (Å²) >= 11 is 0. The maximum absolute atomic E-state index is 12.0. The highest BCUT2D eigenvalue weighted by atomic mass is 16.2. The van der Waals surface area contributed by atoms with Crippen molar-refractivity contribution in [3.63, 3.8) is 0 Å². The van der Waals surface area contributed by atoms with Crippen molar-refractivity contribution in [2.45, 2.75) is 32.1 Å². The molecule has 166 valence electrons. The molecular weight excluding hydrogens is 414 g/mol. The number of aromatic nitrogens is 4. The number of nitrogen functional groups attached to an aromatic ring is 1. The van der Waals surface area contributed by atoms with Crippen molar-refractivity contribution in [3.8, 4) is 17.5 Å². The summed E-state index contributed by atoms with van der Waals surface area (Å²) in [5.41, 5.74) is 10.5. The van der Waals surface area contributed by atoms with Gasteiger partial charge in [0.15, 0.2) is 5.82 Å². The fraction of sp³-hybridized carbons (Fsp3) is 0.320. The quantitative estimate of drug-likeness (QED) is 0.598. The lowest BCUT2D eigenvalue weighted by molar-refractivity contribution is -0.128. The van der Waals surface area contributed by atoms with Crippen LogP contribution in [0.4, 0.5) is 5.82 Å². The van der Waals surface area contributed by atoms with E-state index in [0.717, 1.165) is 56.5 Å². The van der Waals surface area contributed by atoms with Crippen molar-refractivity contribution in [2.24, 2.45) is 5.41 Å². The number of H-pyrrole nitrogens is 1. The van der Waals surface area contributed by atoms with Gasteiger partial charge in [0.05, 0.1) is 27.7 Å². The van der Waals surface area contributed by atoms with E-state index < -0.39 is 0 Å². The summed E-state index contributed by atoms with van der Waals surface area (Å²) in [5, 5.41) is 10.3. The number of piperidine rings is 1. The lowest BCUT2D eigenvalue weighted by atomic mass is 9.68. The fourth-order valence-corrected chi connectivity index (χ4v) is 5.15. The number of pyridine rings is 1. The lowest BCUT2D eigenvalue weighted by Gasteiger charge is -2.43. The molecule has 1 saturated heterocycles. The molecular formula is C25H25N7O. The first-order valence-electron chi connectivity index (χ1n) is 11.1. The first kappa shape index (κ1) is 20.9. The fourth-order valence-electron chi connectivity index (χ4n) is 5.15. The third-order valence-electron chi connectivity index (χ3n) is 7.11. The Balaban J connectivity index is 1.54. The molecule has 5 rings (SSSR count). The van der Waals surface area contributed by atoms with Gasteiger partial charge in [-0.05, 0) is 55.2 Å². The van der Waals surface area contributed by atoms with Crippen LogP contribution in [0.15, 0.2) is 43.4 Å². The van der Waals surface area contributed by atoms with Crippen LogP contribution in [0.2, 0.25) is 0 Å². The molecule has 1 aliphatic heterocycles. The van der Waals surface area contributed by atoms with Crippen LogP contribution in [0, 0.1) is 16.7 Å². The number of allylic oxidation sites excluding steroid dienone is 2. The molecule has 0 saturated carbocycles. The maximum atomic E-state index is 12.0. The second-order valence-corrected chi connectivity index (χ2v) is 8.83. The predicted octanol–water partition coefficient (Wildman–Crippen LogP) is 3.84. The summed E-state index contributed by atoms with van der Waals surface area (Å²) in [7, 11) is 0. The molecule has 2 aliphatic rings. The van der Waals surface area contributed by atoms with E-state index in [2.05, 4.69) is 38.7 Å². The predicted molar refractivity (Wildman–Crippen MR) is 127 cm³/mol. The number of carbonyl (C=O) groups excluding carboxylic acids is 1. The monoisotopic (exact) mass is 439 g/mol. The number of anilines is 1. The highest BCUT2D eigenvalue weighted by molar-refractivity contribution is 6.07. The number of likely N-dealkylation sites (tertiary alicyclic amines) is 1. The topological polar surface area (TPSA) is 125 Å². The zero-order chi connectivity index (χ0) is 23.0. The van der Waals surface area contributed by atoms with Crippen molar-refractivity contribution in [3.05, 3.63) is 54.6 Å². The number of nitrogens with two attached hydrogens (primary N) is 1. The SMILES string of the molecule is C=CC(=O)N1CCC2(CC=C(c3[nH]c4c(C#N)cnc(N)c4c3-c3ncccn3)CC2)CC1. The number of nitrogens with one attached hydrogen (secondary N) is 1. The molecule has 4 heterocycles. The number of fused-ring (bicyclic) bond motifs is 1. The molecule has 0 radical (unpaired) electrons. The highest BCUT2D eigenvalue weighted by Gasteiger charge is 2.37. The summed E-state index contributed by atoms with van der Waals surface area (Å²) in [6, 6.07) is 3.98. The average molecular weight is 440 g/mol. The van der Waals surface area contributed by atoms with Gasteiger partial charge in [-0.25, -0.2) is 15.0 Å². The molecule has 8 heteroatoms. The van der Waals surface area contributed by atoms with Crippen LogP contribution in [0.1, 0.15) is 43.4 Å². The summed E-state index contributed by atoms with van der Waals surface area (Å²) in [5.74, 6) is 0.919. The van der Waals surface area contributed by atoms with E-state index >= 15 is 0 Å². The van der Waals surface area contributed by atoms with Crippen LogP contribution in [-0.4, -0.2) is 43.8 Å². The zero-order valence-electron chi connectivity index (χ0n) is 18.3. The molecule has 8 nitrogen and oxygen atoms in total. The van der Waals surface area contributed by atoms with Gasteiger partial charge < -0.3 is 15.6 Å². The average Bonchev–Trinajstić information content (AvgIpc) is 3.27. The zero-order valence-corrected chi connectivity index (χ0v) is 18.3. The van der Waals surface area contributed by atoms with Crippen LogP contribution in [0.5, 0.6) is 0 Å². The highest BCUT2D eigenvalue weighted by Crippen LogP contribution is 2.48. The van der Waals surface area contributed by atoms with E-state index in [0.29, 0.717) is 28.1 Å². The summed E-state index contributed by atoms with van der Waals surface area (Å²) < 4.78 is 0. The number of nitrogens with zero attached hydrogens (tertiary/aromatic N) is 5. The number of aromatic amines is 1. The number of hydrogen-bond acceptors (Lipinski definition) is 6. The van der Waals surface area contributed by atoms with E-state index in [1.807, 2.05) is 4.90 Å². The van der Waals surface area contributed by atoms with Gasteiger partial charge in [-0.2, -0.15) is 5.26 Å². The van der Waals surface area contributed by atoms with Gasteiger partial charge >= 0.3 is 0 Å². The minimum Gasteiger partial charge on any atom is -0.383 e. The van der Waals surface area contributed by atoms with Gasteiger partial charge in [-0.1, -0.05) is 12.7 Å². The third kappa shape index (κ3) is 3.55. The number of hydrogen-bond donors (Lipinski definition) is 2. The van der Waals surface area contributed by atoms with Crippen LogP contribution >= 0.6 is 0 Å². The third-order valence-corrected chi connectivity index (χ3v) is 7.11. The van der Waals surface area contributed by atoms with Crippen molar-refractivity contribution >= 4 is 28.2 Å². The number of carbonyl (C=O) groups is 1. The maximum Gasteiger partial charge on any atom is 0.245 e. The van der Waals surface area contributed by atoms with Gasteiger partial charge in [0, 0.05) is 31.7 Å². The standard InChI is InChI=1S/C25H25N7O/c1-2-18(33)32-12-8-25(9-13-32)6-4-16(5-7-25)21-20(24-28-10-3-11-29-24)19-22(31-21)17(14-26)15-30-23(19)27/h2-4,10-11,15,31H,1,5-9,12-13H2,(H2,27,30). The van der Waals surface area contributed by atoms with Gasteiger partial charge in [0.1, 0.15) is 11.9 Å². The molecule has 1 aliphatic carbocycles. The van der Waals surface area contributed by atoms with E-state index in [1.54, 1.807) is 18.5 Å². The van der Waals surface area contributed by atoms with Crippen molar-refractivity contribution < 1.29 is 4.79 Å². The Labute approximate surface area is 191 Å². The Morgan fingerprint density at radius 2 is 2.00 bits per heavy atom. The minimum atomic E-state index is 0.0157. The normalized spacial score (nSPS) is 17.5. The Kier molecular flexibility index (Phi) is 5.17. The first-order valence-corrected chi connectivity index (χ1v) is 11.1. The molecule has 3 N–H and O–H groups in total. The molecule has 1 spiro atoms. The first-order chi connectivity index (χ1) is 16.0. The van der Waals surface area contributed by atoms with Crippen LogP contribution in [0.3, 0.4) is 0 Å². The second kappa shape index (κ2) is 8.17. The molecule has 3 aromatic heterocycles. The Morgan fingerprint density at radius 3 is 2.64 bits per heavy atom. The van der Waals surface area contributed by atoms with Gasteiger partial charge in [0.25, 0.3) is 0 Å². The summed E-state index contributed by atoms with van der Waals surface area (Å²) in [6.07, 6.45) is 13.4. The van der Waals surface area contributed by atoms with E-state index in [-0.39, 0.29) is 11.3 Å². The van der Waals surface area contributed by atoms with Gasteiger partial charge in [-0.15, -0.1) is 0 Å². The Hall–Kier alpha value is -3.99. The molecule has 3 aromatic rings. The van der Waals surface area contributed by atoms with Crippen LogP contribution in [0.25, 0.3) is 27.9 Å². The largest absolute Gasteiger partial charge is 0.383 e. The van der Waals surface area contributed by atoms with Crippen LogP contribution in [-0.2, 0) is 4.79 Å². The molecule has 33 heavy (non-hydrogen) atoms. The number of nitriles is 1.